The monoisotopic (exact) mass is 211 g/mol. The van der Waals surface area contributed by atoms with Gasteiger partial charge in [-0.1, -0.05) is 39.3 Å². The van der Waals surface area contributed by atoms with Gasteiger partial charge in [0.05, 0.1) is 0 Å². The van der Waals surface area contributed by atoms with Gasteiger partial charge in [0.1, 0.15) is 0 Å². The SMILES string of the molecule is CCC(C)C/C=C/CC(C)C(=O)N(C)C. The zero-order chi connectivity index (χ0) is 11.8. The summed E-state index contributed by atoms with van der Waals surface area (Å²) in [6.07, 6.45) is 7.54. The van der Waals surface area contributed by atoms with E-state index >= 15 is 0 Å². The molecule has 0 saturated heterocycles. The van der Waals surface area contributed by atoms with Crippen molar-refractivity contribution in [3.63, 3.8) is 0 Å². The molecule has 0 aliphatic rings. The second-order valence-electron chi connectivity index (χ2n) is 4.59. The highest BCUT2D eigenvalue weighted by atomic mass is 16.2. The van der Waals surface area contributed by atoms with Crippen LogP contribution in [0.15, 0.2) is 12.2 Å². The lowest BCUT2D eigenvalue weighted by Crippen LogP contribution is -2.27. The minimum Gasteiger partial charge on any atom is -0.349 e. The van der Waals surface area contributed by atoms with Crippen LogP contribution in [0.25, 0.3) is 0 Å². The van der Waals surface area contributed by atoms with Gasteiger partial charge < -0.3 is 4.90 Å². The highest BCUT2D eigenvalue weighted by Gasteiger charge is 2.12. The Balaban J connectivity index is 3.80. The van der Waals surface area contributed by atoms with E-state index in [0.29, 0.717) is 0 Å². The molecule has 0 spiro atoms. The van der Waals surface area contributed by atoms with E-state index in [1.807, 2.05) is 21.0 Å². The first-order chi connectivity index (χ1) is 6.99. The Bertz CT molecular complexity index is 209. The van der Waals surface area contributed by atoms with Gasteiger partial charge in [-0.15, -0.1) is 0 Å². The number of allylic oxidation sites excluding steroid dienone is 2. The molecule has 0 aromatic carbocycles. The van der Waals surface area contributed by atoms with E-state index in [-0.39, 0.29) is 11.8 Å². The molecule has 0 heterocycles. The lowest BCUT2D eigenvalue weighted by Gasteiger charge is -2.15. The second kappa shape index (κ2) is 7.49. The number of amides is 1. The summed E-state index contributed by atoms with van der Waals surface area (Å²) < 4.78 is 0. The highest BCUT2D eigenvalue weighted by Crippen LogP contribution is 2.10. The average molecular weight is 211 g/mol. The van der Waals surface area contributed by atoms with E-state index in [0.717, 1.165) is 18.8 Å². The third-order valence-electron chi connectivity index (χ3n) is 2.75. The van der Waals surface area contributed by atoms with Crippen molar-refractivity contribution >= 4 is 5.91 Å². The molecule has 0 fully saturated rings. The summed E-state index contributed by atoms with van der Waals surface area (Å²) in [5, 5.41) is 0. The van der Waals surface area contributed by atoms with Crippen molar-refractivity contribution < 1.29 is 4.79 Å². The van der Waals surface area contributed by atoms with Crippen molar-refractivity contribution in [3.8, 4) is 0 Å². The van der Waals surface area contributed by atoms with Gasteiger partial charge in [0, 0.05) is 20.0 Å². The lowest BCUT2D eigenvalue weighted by atomic mass is 10.0. The van der Waals surface area contributed by atoms with Gasteiger partial charge >= 0.3 is 0 Å². The number of nitrogens with zero attached hydrogens (tertiary/aromatic N) is 1. The van der Waals surface area contributed by atoms with Gasteiger partial charge in [-0.05, 0) is 18.8 Å². The van der Waals surface area contributed by atoms with Crippen LogP contribution in [0.3, 0.4) is 0 Å². The average Bonchev–Trinajstić information content (AvgIpc) is 2.22. The van der Waals surface area contributed by atoms with Crippen LogP contribution in [0.1, 0.15) is 40.0 Å². The van der Waals surface area contributed by atoms with Crippen molar-refractivity contribution in [1.29, 1.82) is 0 Å². The number of hydrogen-bond acceptors (Lipinski definition) is 1. The zero-order valence-electron chi connectivity index (χ0n) is 10.8. The summed E-state index contributed by atoms with van der Waals surface area (Å²) in [4.78, 5) is 13.2. The predicted molar refractivity (Wildman–Crippen MR) is 65.7 cm³/mol. The highest BCUT2D eigenvalue weighted by molar-refractivity contribution is 5.78. The fourth-order valence-electron chi connectivity index (χ4n) is 1.34. The van der Waals surface area contributed by atoms with E-state index in [2.05, 4.69) is 26.0 Å². The molecule has 0 aromatic rings. The van der Waals surface area contributed by atoms with E-state index in [1.54, 1.807) is 4.90 Å². The molecule has 0 aliphatic heterocycles. The zero-order valence-corrected chi connectivity index (χ0v) is 10.8. The lowest BCUT2D eigenvalue weighted by molar-refractivity contribution is -0.132. The van der Waals surface area contributed by atoms with E-state index in [4.69, 9.17) is 0 Å². The van der Waals surface area contributed by atoms with E-state index in [9.17, 15) is 4.79 Å². The van der Waals surface area contributed by atoms with E-state index < -0.39 is 0 Å². The molecular formula is C13H25NO. The maximum atomic E-state index is 11.5. The number of hydrogen-bond donors (Lipinski definition) is 0. The molecule has 1 amide bonds. The van der Waals surface area contributed by atoms with Crippen LogP contribution in [0.4, 0.5) is 0 Å². The molecule has 0 aliphatic carbocycles. The number of rotatable bonds is 6. The third-order valence-corrected chi connectivity index (χ3v) is 2.75. The molecule has 0 N–H and O–H groups in total. The van der Waals surface area contributed by atoms with Crippen molar-refractivity contribution in [1.82, 2.24) is 4.90 Å². The van der Waals surface area contributed by atoms with Gasteiger partial charge in [0.15, 0.2) is 0 Å². The van der Waals surface area contributed by atoms with Crippen molar-refractivity contribution in [3.05, 3.63) is 12.2 Å². The van der Waals surface area contributed by atoms with Gasteiger partial charge in [0.25, 0.3) is 0 Å². The normalized spacial score (nSPS) is 15.3. The third kappa shape index (κ3) is 6.32. The Morgan fingerprint density at radius 2 is 1.73 bits per heavy atom. The summed E-state index contributed by atoms with van der Waals surface area (Å²) in [5.74, 6) is 1.07. The van der Waals surface area contributed by atoms with Crippen LogP contribution in [-0.4, -0.2) is 24.9 Å². The van der Waals surface area contributed by atoms with E-state index in [1.165, 1.54) is 6.42 Å². The molecule has 0 radical (unpaired) electrons. The first kappa shape index (κ1) is 14.2. The first-order valence-electron chi connectivity index (χ1n) is 5.85. The second-order valence-corrected chi connectivity index (χ2v) is 4.59. The smallest absolute Gasteiger partial charge is 0.225 e. The van der Waals surface area contributed by atoms with Gasteiger partial charge in [-0.2, -0.15) is 0 Å². The van der Waals surface area contributed by atoms with Crippen molar-refractivity contribution in [2.45, 2.75) is 40.0 Å². The van der Waals surface area contributed by atoms with Crippen LogP contribution < -0.4 is 0 Å². The standard InChI is InChI=1S/C13H25NO/c1-6-11(2)9-7-8-10-12(3)13(15)14(4)5/h7-8,11-12H,6,9-10H2,1-5H3/b8-7+. The molecule has 0 bridgehead atoms. The molecule has 15 heavy (non-hydrogen) atoms. The van der Waals surface area contributed by atoms with Gasteiger partial charge in [-0.25, -0.2) is 0 Å². The van der Waals surface area contributed by atoms with Gasteiger partial charge in [0.2, 0.25) is 5.91 Å². The molecule has 2 heteroatoms. The Labute approximate surface area is 94.4 Å². The minimum absolute atomic E-state index is 0.105. The van der Waals surface area contributed by atoms with Crippen LogP contribution in [0, 0.1) is 11.8 Å². The fraction of sp³-hybridized carbons (Fsp3) is 0.769. The Hall–Kier alpha value is -0.790. The molecule has 2 unspecified atom stereocenters. The topological polar surface area (TPSA) is 20.3 Å². The van der Waals surface area contributed by atoms with Crippen molar-refractivity contribution in [2.75, 3.05) is 14.1 Å². The largest absolute Gasteiger partial charge is 0.349 e. The summed E-state index contributed by atoms with van der Waals surface area (Å²) in [6, 6.07) is 0. The predicted octanol–water partition coefficient (Wildman–Crippen LogP) is 3.09. The summed E-state index contributed by atoms with van der Waals surface area (Å²) >= 11 is 0. The van der Waals surface area contributed by atoms with Crippen LogP contribution in [0.5, 0.6) is 0 Å². The molecule has 0 saturated carbocycles. The molecule has 88 valence electrons. The Morgan fingerprint density at radius 3 is 2.20 bits per heavy atom. The summed E-state index contributed by atoms with van der Waals surface area (Å²) in [5.41, 5.74) is 0. The molecular weight excluding hydrogens is 186 g/mol. The van der Waals surface area contributed by atoms with Crippen LogP contribution >= 0.6 is 0 Å². The Kier molecular flexibility index (Phi) is 7.10. The number of carbonyl (C=O) groups is 1. The molecule has 0 aromatic heterocycles. The summed E-state index contributed by atoms with van der Waals surface area (Å²) in [6.45, 7) is 6.44. The first-order valence-corrected chi connectivity index (χ1v) is 5.85. The van der Waals surface area contributed by atoms with Crippen LogP contribution in [-0.2, 0) is 4.79 Å². The molecule has 0 rings (SSSR count). The minimum atomic E-state index is 0.105. The quantitative estimate of drug-likeness (QED) is 0.618. The summed E-state index contributed by atoms with van der Waals surface area (Å²) in [7, 11) is 3.61. The maximum Gasteiger partial charge on any atom is 0.225 e. The number of carbonyl (C=O) groups excluding carboxylic acids is 1. The molecule has 2 atom stereocenters. The Morgan fingerprint density at radius 1 is 1.20 bits per heavy atom. The molecule has 2 nitrogen and oxygen atoms in total. The van der Waals surface area contributed by atoms with Crippen molar-refractivity contribution in [2.24, 2.45) is 11.8 Å². The fourth-order valence-corrected chi connectivity index (χ4v) is 1.34. The maximum absolute atomic E-state index is 11.5. The van der Waals surface area contributed by atoms with Gasteiger partial charge in [-0.3, -0.25) is 4.79 Å². The van der Waals surface area contributed by atoms with Crippen LogP contribution in [0.2, 0.25) is 0 Å².